The molecule has 0 fully saturated rings. The maximum absolute atomic E-state index is 13.0. The van der Waals surface area contributed by atoms with Crippen molar-refractivity contribution in [3.8, 4) is 0 Å². The third-order valence-electron chi connectivity index (χ3n) is 3.82. The van der Waals surface area contributed by atoms with Crippen molar-refractivity contribution < 1.29 is 9.18 Å². The zero-order valence-corrected chi connectivity index (χ0v) is 13.7. The summed E-state index contributed by atoms with van der Waals surface area (Å²) in [5.74, 6) is -0.287. The molecule has 0 unspecified atom stereocenters. The van der Waals surface area contributed by atoms with E-state index in [4.69, 9.17) is 0 Å². The van der Waals surface area contributed by atoms with Crippen molar-refractivity contribution in [1.82, 2.24) is 15.2 Å². The lowest BCUT2D eigenvalue weighted by Crippen LogP contribution is -2.47. The predicted molar refractivity (Wildman–Crippen MR) is 88.5 cm³/mol. The van der Waals surface area contributed by atoms with Crippen LogP contribution in [0, 0.1) is 5.82 Å². The smallest absolute Gasteiger partial charge is 0.317 e. The van der Waals surface area contributed by atoms with E-state index in [1.54, 1.807) is 36.5 Å². The molecular weight excluding hydrogens is 293 g/mol. The number of urea groups is 1. The first-order chi connectivity index (χ1) is 10.9. The van der Waals surface area contributed by atoms with Crippen molar-refractivity contribution in [2.24, 2.45) is 0 Å². The average molecular weight is 315 g/mol. The summed E-state index contributed by atoms with van der Waals surface area (Å²) in [5, 5.41) is 2.98. The number of hydrogen-bond acceptors (Lipinski definition) is 2. The zero-order chi connectivity index (χ0) is 16.9. The Morgan fingerprint density at radius 1 is 1.17 bits per heavy atom. The normalized spacial score (nSPS) is 11.1. The molecule has 23 heavy (non-hydrogen) atoms. The van der Waals surface area contributed by atoms with Crippen LogP contribution in [0.2, 0.25) is 0 Å². The number of halogens is 1. The number of amides is 2. The number of nitrogens with zero attached hydrogens (tertiary/aromatic N) is 2. The van der Waals surface area contributed by atoms with Crippen molar-refractivity contribution in [1.29, 1.82) is 0 Å². The monoisotopic (exact) mass is 315 g/mol. The molecule has 0 aliphatic heterocycles. The van der Waals surface area contributed by atoms with E-state index in [-0.39, 0.29) is 11.8 Å². The van der Waals surface area contributed by atoms with Crippen LogP contribution in [-0.2, 0) is 12.0 Å². The highest BCUT2D eigenvalue weighted by molar-refractivity contribution is 5.75. The summed E-state index contributed by atoms with van der Waals surface area (Å²) in [7, 11) is 1.76. The molecule has 4 nitrogen and oxygen atoms in total. The SMILES string of the molecule is CN(CCc1ccncc1)C(=O)NC(C)(C)c1ccc(F)cc1. The van der Waals surface area contributed by atoms with Crippen molar-refractivity contribution in [2.75, 3.05) is 13.6 Å². The van der Waals surface area contributed by atoms with Gasteiger partial charge in [-0.2, -0.15) is 0 Å². The molecule has 1 aromatic carbocycles. The molecule has 2 rings (SSSR count). The minimum Gasteiger partial charge on any atom is -0.329 e. The van der Waals surface area contributed by atoms with E-state index in [9.17, 15) is 9.18 Å². The second-order valence-corrected chi connectivity index (χ2v) is 6.09. The second-order valence-electron chi connectivity index (χ2n) is 6.09. The van der Waals surface area contributed by atoms with Gasteiger partial charge in [-0.3, -0.25) is 4.98 Å². The summed E-state index contributed by atoms with van der Waals surface area (Å²) < 4.78 is 13.0. The first-order valence-corrected chi connectivity index (χ1v) is 7.57. The van der Waals surface area contributed by atoms with Crippen LogP contribution in [0.25, 0.3) is 0 Å². The molecule has 0 radical (unpaired) electrons. The Hall–Kier alpha value is -2.43. The first-order valence-electron chi connectivity index (χ1n) is 7.57. The van der Waals surface area contributed by atoms with Gasteiger partial charge < -0.3 is 10.2 Å². The van der Waals surface area contributed by atoms with E-state index < -0.39 is 5.54 Å². The molecule has 122 valence electrons. The Bertz CT molecular complexity index is 641. The van der Waals surface area contributed by atoms with Crippen molar-refractivity contribution in [2.45, 2.75) is 25.8 Å². The number of hydrogen-bond donors (Lipinski definition) is 1. The Kier molecular flexibility index (Phi) is 5.32. The van der Waals surface area contributed by atoms with Crippen LogP contribution in [0.4, 0.5) is 9.18 Å². The summed E-state index contributed by atoms with van der Waals surface area (Å²) in [6.07, 6.45) is 4.25. The second kappa shape index (κ2) is 7.22. The molecule has 2 aromatic rings. The van der Waals surface area contributed by atoms with Gasteiger partial charge in [-0.25, -0.2) is 9.18 Å². The number of pyridine rings is 1. The van der Waals surface area contributed by atoms with Gasteiger partial charge in [0, 0.05) is 26.0 Å². The molecule has 0 saturated heterocycles. The first kappa shape index (κ1) is 16.9. The maximum atomic E-state index is 13.0. The van der Waals surface area contributed by atoms with Gasteiger partial charge in [0.2, 0.25) is 0 Å². The molecule has 0 aliphatic carbocycles. The number of benzene rings is 1. The van der Waals surface area contributed by atoms with Gasteiger partial charge in [0.1, 0.15) is 5.82 Å². The van der Waals surface area contributed by atoms with Gasteiger partial charge in [-0.05, 0) is 55.7 Å². The van der Waals surface area contributed by atoms with Crippen molar-refractivity contribution >= 4 is 6.03 Å². The summed E-state index contributed by atoms with van der Waals surface area (Å²) in [6, 6.07) is 9.89. The standard InChI is InChI=1S/C18H22FN3O/c1-18(2,15-4-6-16(19)7-5-15)21-17(23)22(3)13-10-14-8-11-20-12-9-14/h4-9,11-12H,10,13H2,1-3H3,(H,21,23). The highest BCUT2D eigenvalue weighted by Gasteiger charge is 2.24. The largest absolute Gasteiger partial charge is 0.329 e. The lowest BCUT2D eigenvalue weighted by Gasteiger charge is -2.30. The highest BCUT2D eigenvalue weighted by Crippen LogP contribution is 2.20. The number of carbonyl (C=O) groups excluding carboxylic acids is 1. The van der Waals surface area contributed by atoms with Gasteiger partial charge in [0.15, 0.2) is 0 Å². The average Bonchev–Trinajstić information content (AvgIpc) is 2.53. The van der Waals surface area contributed by atoms with Crippen molar-refractivity contribution in [3.63, 3.8) is 0 Å². The van der Waals surface area contributed by atoms with Gasteiger partial charge in [0.05, 0.1) is 5.54 Å². The fraction of sp³-hybridized carbons (Fsp3) is 0.333. The fourth-order valence-electron chi connectivity index (χ4n) is 2.25. The quantitative estimate of drug-likeness (QED) is 0.920. The molecule has 1 aromatic heterocycles. The van der Waals surface area contributed by atoms with Crippen LogP contribution in [0.5, 0.6) is 0 Å². The van der Waals surface area contributed by atoms with E-state index in [0.29, 0.717) is 6.54 Å². The molecule has 0 spiro atoms. The van der Waals surface area contributed by atoms with E-state index in [1.807, 2.05) is 26.0 Å². The molecule has 0 aliphatic rings. The molecule has 0 saturated carbocycles. The third-order valence-corrected chi connectivity index (χ3v) is 3.82. The molecule has 2 amide bonds. The Labute approximate surface area is 136 Å². The van der Waals surface area contributed by atoms with Crippen LogP contribution in [0.15, 0.2) is 48.8 Å². The molecule has 1 heterocycles. The van der Waals surface area contributed by atoms with Crippen LogP contribution in [0.3, 0.4) is 0 Å². The number of nitrogens with one attached hydrogen (secondary N) is 1. The van der Waals surface area contributed by atoms with Gasteiger partial charge in [-0.15, -0.1) is 0 Å². The Morgan fingerprint density at radius 2 is 1.78 bits per heavy atom. The summed E-state index contributed by atoms with van der Waals surface area (Å²) in [6.45, 7) is 4.40. The van der Waals surface area contributed by atoms with Crippen LogP contribution in [0.1, 0.15) is 25.0 Å². The minimum atomic E-state index is -0.574. The number of carbonyl (C=O) groups is 1. The summed E-state index contributed by atoms with van der Waals surface area (Å²) in [5.41, 5.74) is 1.42. The number of rotatable bonds is 5. The van der Waals surface area contributed by atoms with Crippen LogP contribution in [-0.4, -0.2) is 29.5 Å². The van der Waals surface area contributed by atoms with Crippen molar-refractivity contribution in [3.05, 3.63) is 65.7 Å². The lowest BCUT2D eigenvalue weighted by molar-refractivity contribution is 0.198. The van der Waals surface area contributed by atoms with E-state index in [2.05, 4.69) is 10.3 Å². The fourth-order valence-corrected chi connectivity index (χ4v) is 2.25. The van der Waals surface area contributed by atoms with E-state index >= 15 is 0 Å². The number of aromatic nitrogens is 1. The highest BCUT2D eigenvalue weighted by atomic mass is 19.1. The molecule has 0 atom stereocenters. The zero-order valence-electron chi connectivity index (χ0n) is 13.7. The molecular formula is C18H22FN3O. The third kappa shape index (κ3) is 4.77. The van der Waals surface area contributed by atoms with E-state index in [0.717, 1.165) is 17.5 Å². The van der Waals surface area contributed by atoms with Gasteiger partial charge >= 0.3 is 6.03 Å². The predicted octanol–water partition coefficient (Wildman–Crippen LogP) is 3.34. The van der Waals surface area contributed by atoms with Crippen LogP contribution < -0.4 is 5.32 Å². The number of likely N-dealkylation sites (N-methyl/N-ethyl adjacent to an activating group) is 1. The topological polar surface area (TPSA) is 45.2 Å². The summed E-state index contributed by atoms with van der Waals surface area (Å²) >= 11 is 0. The lowest BCUT2D eigenvalue weighted by atomic mass is 9.94. The Balaban J connectivity index is 1.93. The van der Waals surface area contributed by atoms with Gasteiger partial charge in [-0.1, -0.05) is 12.1 Å². The van der Waals surface area contributed by atoms with Gasteiger partial charge in [0.25, 0.3) is 0 Å². The maximum Gasteiger partial charge on any atom is 0.317 e. The minimum absolute atomic E-state index is 0.159. The van der Waals surface area contributed by atoms with Crippen LogP contribution >= 0.6 is 0 Å². The summed E-state index contributed by atoms with van der Waals surface area (Å²) in [4.78, 5) is 18.0. The molecule has 5 heteroatoms. The molecule has 0 bridgehead atoms. The molecule has 1 N–H and O–H groups in total. The van der Waals surface area contributed by atoms with E-state index in [1.165, 1.54) is 12.1 Å². The Morgan fingerprint density at radius 3 is 2.39 bits per heavy atom.